The number of hydrogen-bond acceptors (Lipinski definition) is 6. The van der Waals surface area contributed by atoms with Gasteiger partial charge in [0.05, 0.1) is 24.2 Å². The number of nitro groups is 1. The van der Waals surface area contributed by atoms with Crippen LogP contribution in [0.3, 0.4) is 0 Å². The van der Waals surface area contributed by atoms with Gasteiger partial charge in [0, 0.05) is 24.3 Å². The minimum Gasteiger partial charge on any atom is -0.507 e. The van der Waals surface area contributed by atoms with Crippen molar-refractivity contribution in [3.05, 3.63) is 33.9 Å². The fourth-order valence-corrected chi connectivity index (χ4v) is 1.30. The van der Waals surface area contributed by atoms with Gasteiger partial charge in [-0.25, -0.2) is 5.43 Å². The third-order valence-electron chi connectivity index (χ3n) is 2.29. The number of nitrogens with zero attached hydrogens (tertiary/aromatic N) is 2. The van der Waals surface area contributed by atoms with E-state index in [2.05, 4.69) is 10.5 Å². The second kappa shape index (κ2) is 7.85. The maximum atomic E-state index is 11.3. The molecule has 0 heterocycles. The minimum atomic E-state index is -0.586. The molecule has 0 radical (unpaired) electrons. The van der Waals surface area contributed by atoms with Crippen molar-refractivity contribution < 1.29 is 19.6 Å². The first-order valence-electron chi connectivity index (χ1n) is 5.91. The Hall–Kier alpha value is -2.48. The van der Waals surface area contributed by atoms with E-state index in [-0.39, 0.29) is 29.3 Å². The van der Waals surface area contributed by atoms with Gasteiger partial charge in [0.1, 0.15) is 5.75 Å². The van der Waals surface area contributed by atoms with Crippen LogP contribution in [0.15, 0.2) is 23.3 Å². The van der Waals surface area contributed by atoms with Crippen molar-refractivity contribution in [3.63, 3.8) is 0 Å². The van der Waals surface area contributed by atoms with Gasteiger partial charge in [-0.2, -0.15) is 5.10 Å². The molecule has 0 unspecified atom stereocenters. The van der Waals surface area contributed by atoms with E-state index in [1.165, 1.54) is 12.1 Å². The third kappa shape index (κ3) is 5.02. The quantitative estimate of drug-likeness (QED) is 0.337. The molecule has 0 aliphatic heterocycles. The van der Waals surface area contributed by atoms with Gasteiger partial charge in [0.25, 0.3) is 5.69 Å². The van der Waals surface area contributed by atoms with Gasteiger partial charge in [0.2, 0.25) is 5.91 Å². The molecule has 8 heteroatoms. The van der Waals surface area contributed by atoms with Gasteiger partial charge in [-0.3, -0.25) is 14.9 Å². The summed E-state index contributed by atoms with van der Waals surface area (Å²) in [5, 5.41) is 23.7. The molecule has 0 bridgehead atoms. The van der Waals surface area contributed by atoms with Crippen LogP contribution in [0.2, 0.25) is 0 Å². The summed E-state index contributed by atoms with van der Waals surface area (Å²) in [5.41, 5.74) is 2.20. The van der Waals surface area contributed by atoms with Gasteiger partial charge >= 0.3 is 0 Å². The number of hydrazone groups is 1. The number of nitrogens with one attached hydrogen (secondary N) is 1. The Bertz CT molecular complexity index is 516. The average molecular weight is 281 g/mol. The first-order valence-corrected chi connectivity index (χ1v) is 5.91. The zero-order valence-corrected chi connectivity index (χ0v) is 10.9. The molecule has 1 aromatic carbocycles. The number of nitro benzene ring substituents is 1. The van der Waals surface area contributed by atoms with E-state index in [1.54, 1.807) is 0 Å². The number of rotatable bonds is 7. The van der Waals surface area contributed by atoms with Crippen molar-refractivity contribution in [1.29, 1.82) is 0 Å². The first kappa shape index (κ1) is 15.6. The van der Waals surface area contributed by atoms with E-state index in [0.717, 1.165) is 12.3 Å². The monoisotopic (exact) mass is 281 g/mol. The van der Waals surface area contributed by atoms with Gasteiger partial charge in [-0.05, 0) is 13.0 Å². The fraction of sp³-hybridized carbons (Fsp3) is 0.333. The van der Waals surface area contributed by atoms with Crippen LogP contribution in [-0.2, 0) is 9.53 Å². The molecule has 0 spiro atoms. The summed E-state index contributed by atoms with van der Waals surface area (Å²) in [4.78, 5) is 21.3. The van der Waals surface area contributed by atoms with Crippen molar-refractivity contribution in [1.82, 2.24) is 5.43 Å². The van der Waals surface area contributed by atoms with E-state index in [1.807, 2.05) is 6.92 Å². The number of phenolic OH excluding ortho intramolecular Hbond substituents is 1. The Morgan fingerprint density at radius 1 is 1.60 bits per heavy atom. The summed E-state index contributed by atoms with van der Waals surface area (Å²) in [7, 11) is 0. The normalized spacial score (nSPS) is 10.7. The maximum absolute atomic E-state index is 11.3. The van der Waals surface area contributed by atoms with E-state index in [4.69, 9.17) is 4.74 Å². The SMILES string of the molecule is CCOCCC(=O)N/N=C/c1cc([N+](=O)[O-])ccc1O. The van der Waals surface area contributed by atoms with Crippen LogP contribution in [0.5, 0.6) is 5.75 Å². The van der Waals surface area contributed by atoms with Crippen LogP contribution in [0.1, 0.15) is 18.9 Å². The molecular formula is C12H15N3O5. The van der Waals surface area contributed by atoms with Crippen molar-refractivity contribution in [2.45, 2.75) is 13.3 Å². The molecular weight excluding hydrogens is 266 g/mol. The van der Waals surface area contributed by atoms with Gasteiger partial charge in [-0.1, -0.05) is 0 Å². The summed E-state index contributed by atoms with van der Waals surface area (Å²) in [6.07, 6.45) is 1.30. The third-order valence-corrected chi connectivity index (χ3v) is 2.29. The molecule has 20 heavy (non-hydrogen) atoms. The number of ether oxygens (including phenoxy) is 1. The van der Waals surface area contributed by atoms with Crippen LogP contribution >= 0.6 is 0 Å². The molecule has 0 aromatic heterocycles. The molecule has 1 aromatic rings. The molecule has 0 fully saturated rings. The van der Waals surface area contributed by atoms with Gasteiger partial charge in [-0.15, -0.1) is 0 Å². The smallest absolute Gasteiger partial charge is 0.270 e. The predicted octanol–water partition coefficient (Wildman–Crippen LogP) is 1.18. The van der Waals surface area contributed by atoms with E-state index >= 15 is 0 Å². The van der Waals surface area contributed by atoms with Gasteiger partial charge in [0.15, 0.2) is 0 Å². The van der Waals surface area contributed by atoms with E-state index < -0.39 is 4.92 Å². The molecule has 1 rings (SSSR count). The van der Waals surface area contributed by atoms with Crippen LogP contribution in [-0.4, -0.2) is 35.4 Å². The number of carbonyl (C=O) groups is 1. The topological polar surface area (TPSA) is 114 Å². The number of amides is 1. The molecule has 0 aliphatic carbocycles. The molecule has 108 valence electrons. The van der Waals surface area contributed by atoms with Crippen LogP contribution in [0.4, 0.5) is 5.69 Å². The summed E-state index contributed by atoms with van der Waals surface area (Å²) in [5.74, 6) is -0.512. The molecule has 0 aliphatic rings. The highest BCUT2D eigenvalue weighted by atomic mass is 16.6. The molecule has 2 N–H and O–H groups in total. The predicted molar refractivity (Wildman–Crippen MR) is 71.6 cm³/mol. The van der Waals surface area contributed by atoms with Crippen LogP contribution < -0.4 is 5.43 Å². The van der Waals surface area contributed by atoms with Gasteiger partial charge < -0.3 is 9.84 Å². The lowest BCUT2D eigenvalue weighted by Gasteiger charge is -2.01. The Morgan fingerprint density at radius 2 is 2.35 bits per heavy atom. The molecule has 8 nitrogen and oxygen atoms in total. The molecule has 0 atom stereocenters. The fourth-order valence-electron chi connectivity index (χ4n) is 1.30. The largest absolute Gasteiger partial charge is 0.507 e. The zero-order chi connectivity index (χ0) is 15.0. The lowest BCUT2D eigenvalue weighted by molar-refractivity contribution is -0.384. The van der Waals surface area contributed by atoms with E-state index in [0.29, 0.717) is 13.2 Å². The highest BCUT2D eigenvalue weighted by molar-refractivity contribution is 5.86. The number of benzene rings is 1. The molecule has 0 saturated carbocycles. The summed E-state index contributed by atoms with van der Waals surface area (Å²) in [6.45, 7) is 2.64. The summed E-state index contributed by atoms with van der Waals surface area (Å²) >= 11 is 0. The standard InChI is InChI=1S/C12H15N3O5/c1-2-20-6-5-12(17)14-13-8-9-7-10(15(18)19)3-4-11(9)16/h3-4,7-8,16H,2,5-6H2,1H3,(H,14,17)/b13-8+. The van der Waals surface area contributed by atoms with Crippen molar-refractivity contribution >= 4 is 17.8 Å². The molecule has 1 amide bonds. The zero-order valence-electron chi connectivity index (χ0n) is 10.9. The minimum absolute atomic E-state index is 0.143. The lowest BCUT2D eigenvalue weighted by atomic mass is 10.2. The average Bonchev–Trinajstić information content (AvgIpc) is 2.41. The number of carbonyl (C=O) groups excluding carboxylic acids is 1. The number of hydrogen-bond donors (Lipinski definition) is 2. The Kier molecular flexibility index (Phi) is 6.11. The Labute approximate surface area is 115 Å². The molecule has 0 saturated heterocycles. The summed E-state index contributed by atoms with van der Waals surface area (Å²) in [6, 6.07) is 3.52. The number of aromatic hydroxyl groups is 1. The Morgan fingerprint density at radius 3 is 3.00 bits per heavy atom. The van der Waals surface area contributed by atoms with E-state index in [9.17, 15) is 20.0 Å². The van der Waals surface area contributed by atoms with Crippen molar-refractivity contribution in [3.8, 4) is 5.75 Å². The second-order valence-electron chi connectivity index (χ2n) is 3.74. The van der Waals surface area contributed by atoms with Crippen molar-refractivity contribution in [2.75, 3.05) is 13.2 Å². The van der Waals surface area contributed by atoms with Crippen LogP contribution in [0.25, 0.3) is 0 Å². The summed E-state index contributed by atoms with van der Waals surface area (Å²) < 4.78 is 5.00. The lowest BCUT2D eigenvalue weighted by Crippen LogP contribution is -2.19. The Balaban J connectivity index is 2.59. The highest BCUT2D eigenvalue weighted by Crippen LogP contribution is 2.21. The van der Waals surface area contributed by atoms with Crippen LogP contribution in [0, 0.1) is 10.1 Å². The number of phenols is 1. The number of non-ortho nitro benzene ring substituents is 1. The highest BCUT2D eigenvalue weighted by Gasteiger charge is 2.08. The maximum Gasteiger partial charge on any atom is 0.270 e. The second-order valence-corrected chi connectivity index (χ2v) is 3.74. The first-order chi connectivity index (χ1) is 9.54. The van der Waals surface area contributed by atoms with Crippen molar-refractivity contribution in [2.24, 2.45) is 5.10 Å².